The monoisotopic (exact) mass is 410 g/mol. The number of anilines is 1. The maximum absolute atomic E-state index is 13.3. The van der Waals surface area contributed by atoms with Crippen molar-refractivity contribution in [3.8, 4) is 0 Å². The molecule has 2 aromatic carbocycles. The van der Waals surface area contributed by atoms with Crippen LogP contribution >= 0.6 is 0 Å². The summed E-state index contributed by atoms with van der Waals surface area (Å²) in [5.74, 6) is 0.301. The largest absolute Gasteiger partial charge is 0.337 e. The van der Waals surface area contributed by atoms with Gasteiger partial charge in [0.2, 0.25) is 0 Å². The lowest BCUT2D eigenvalue weighted by Crippen LogP contribution is -2.41. The Morgan fingerprint density at radius 2 is 1.74 bits per heavy atom. The number of nitrogens with one attached hydrogen (secondary N) is 1. The first-order valence-electron chi connectivity index (χ1n) is 8.29. The van der Waals surface area contributed by atoms with Gasteiger partial charge in [0, 0.05) is 46.6 Å². The Kier molecular flexibility index (Phi) is 5.61. The molecule has 0 aliphatic carbocycles. The van der Waals surface area contributed by atoms with Crippen molar-refractivity contribution >= 4 is 32.4 Å². The maximum Gasteiger partial charge on any atom is 0.261 e. The molecule has 0 saturated carbocycles. The highest BCUT2D eigenvalue weighted by Gasteiger charge is 2.21. The highest BCUT2D eigenvalue weighted by atomic mass is 32.2. The van der Waals surface area contributed by atoms with Crippen molar-refractivity contribution in [1.29, 1.82) is 0 Å². The normalized spacial score (nSPS) is 15.6. The van der Waals surface area contributed by atoms with Crippen LogP contribution in [0.15, 0.2) is 47.4 Å². The van der Waals surface area contributed by atoms with Gasteiger partial charge in [-0.05, 0) is 55.0 Å². The first-order valence-corrected chi connectivity index (χ1v) is 11.3. The van der Waals surface area contributed by atoms with E-state index in [9.17, 15) is 21.8 Å². The Morgan fingerprint density at radius 1 is 1.11 bits per heavy atom. The summed E-state index contributed by atoms with van der Waals surface area (Å²) in [4.78, 5) is 14.0. The Balaban J connectivity index is 1.72. The minimum atomic E-state index is -3.86. The van der Waals surface area contributed by atoms with Gasteiger partial charge in [0.25, 0.3) is 15.9 Å². The van der Waals surface area contributed by atoms with Gasteiger partial charge in [-0.25, -0.2) is 12.8 Å². The lowest BCUT2D eigenvalue weighted by molar-refractivity contribution is 0.0771. The molecule has 144 valence electrons. The lowest BCUT2D eigenvalue weighted by atomic mass is 10.2. The summed E-state index contributed by atoms with van der Waals surface area (Å²) >= 11 is 0. The standard InChI is InChI=1S/C18H19FN2O4S2/c1-13-12-16(6-7-17(13)19)27(24,25)20-15-4-2-14(3-5-15)18(22)21-8-10-26(23)11-9-21/h2-7,12,20H,8-11H2,1H3. The molecule has 1 N–H and O–H groups in total. The number of carbonyl (C=O) groups is 1. The second-order valence-electron chi connectivity index (χ2n) is 6.23. The molecular weight excluding hydrogens is 391 g/mol. The summed E-state index contributed by atoms with van der Waals surface area (Å²) in [5.41, 5.74) is 0.970. The topological polar surface area (TPSA) is 83.6 Å². The van der Waals surface area contributed by atoms with Crippen molar-refractivity contribution in [2.75, 3.05) is 29.3 Å². The average molecular weight is 410 g/mol. The quantitative estimate of drug-likeness (QED) is 0.837. The van der Waals surface area contributed by atoms with E-state index in [1.54, 1.807) is 17.0 Å². The third-order valence-corrected chi connectivity index (χ3v) is 6.94. The van der Waals surface area contributed by atoms with Gasteiger partial charge in [0.05, 0.1) is 4.90 Å². The van der Waals surface area contributed by atoms with Crippen LogP contribution in [0, 0.1) is 12.7 Å². The van der Waals surface area contributed by atoms with E-state index >= 15 is 0 Å². The van der Waals surface area contributed by atoms with E-state index in [0.29, 0.717) is 35.8 Å². The van der Waals surface area contributed by atoms with E-state index in [1.165, 1.54) is 31.2 Å². The number of halogens is 1. The van der Waals surface area contributed by atoms with Crippen molar-refractivity contribution in [2.24, 2.45) is 0 Å². The van der Waals surface area contributed by atoms with Crippen LogP contribution in [-0.2, 0) is 20.8 Å². The molecular formula is C18H19FN2O4S2. The van der Waals surface area contributed by atoms with E-state index < -0.39 is 26.6 Å². The summed E-state index contributed by atoms with van der Waals surface area (Å²) in [7, 11) is -4.72. The van der Waals surface area contributed by atoms with Crippen LogP contribution in [0.2, 0.25) is 0 Å². The van der Waals surface area contributed by atoms with Crippen molar-refractivity contribution in [2.45, 2.75) is 11.8 Å². The minimum Gasteiger partial charge on any atom is -0.337 e. The van der Waals surface area contributed by atoms with Gasteiger partial charge in [-0.2, -0.15) is 0 Å². The number of aryl methyl sites for hydroxylation is 1. The molecule has 1 heterocycles. The first kappa shape index (κ1) is 19.5. The van der Waals surface area contributed by atoms with E-state index in [1.807, 2.05) is 0 Å². The van der Waals surface area contributed by atoms with Gasteiger partial charge in [-0.15, -0.1) is 0 Å². The molecule has 2 aromatic rings. The molecule has 0 spiro atoms. The number of nitrogens with zero attached hydrogens (tertiary/aromatic N) is 1. The maximum atomic E-state index is 13.3. The molecule has 1 fully saturated rings. The van der Waals surface area contributed by atoms with Gasteiger partial charge in [-0.1, -0.05) is 0 Å². The second-order valence-corrected chi connectivity index (χ2v) is 9.61. The predicted octanol–water partition coefficient (Wildman–Crippen LogP) is 2.14. The Hall–Kier alpha value is -2.26. The summed E-state index contributed by atoms with van der Waals surface area (Å²) in [5, 5.41) is 0. The van der Waals surface area contributed by atoms with Crippen LogP contribution in [0.25, 0.3) is 0 Å². The van der Waals surface area contributed by atoms with E-state index in [2.05, 4.69) is 4.72 Å². The Bertz CT molecular complexity index is 981. The highest BCUT2D eigenvalue weighted by Crippen LogP contribution is 2.19. The van der Waals surface area contributed by atoms with Crippen molar-refractivity contribution < 1.29 is 21.8 Å². The van der Waals surface area contributed by atoms with Crippen LogP contribution in [0.4, 0.5) is 10.1 Å². The fourth-order valence-electron chi connectivity index (χ4n) is 2.70. The second kappa shape index (κ2) is 7.77. The molecule has 0 bridgehead atoms. The summed E-state index contributed by atoms with van der Waals surface area (Å²) in [6.45, 7) is 2.39. The molecule has 0 radical (unpaired) electrons. The molecule has 0 unspecified atom stereocenters. The van der Waals surface area contributed by atoms with Gasteiger partial charge in [-0.3, -0.25) is 13.7 Å². The smallest absolute Gasteiger partial charge is 0.261 e. The zero-order valence-corrected chi connectivity index (χ0v) is 16.3. The SMILES string of the molecule is Cc1cc(S(=O)(=O)Nc2ccc(C(=O)N3CCS(=O)CC3)cc2)ccc1F. The number of rotatable bonds is 4. The van der Waals surface area contributed by atoms with Crippen molar-refractivity contribution in [3.63, 3.8) is 0 Å². The van der Waals surface area contributed by atoms with Crippen LogP contribution in [-0.4, -0.2) is 48.0 Å². The number of amides is 1. The van der Waals surface area contributed by atoms with Gasteiger partial charge < -0.3 is 4.90 Å². The van der Waals surface area contributed by atoms with E-state index in [4.69, 9.17) is 0 Å². The molecule has 27 heavy (non-hydrogen) atoms. The zero-order chi connectivity index (χ0) is 19.6. The molecule has 1 amide bonds. The lowest BCUT2D eigenvalue weighted by Gasteiger charge is -2.26. The summed E-state index contributed by atoms with van der Waals surface area (Å²) in [6.07, 6.45) is 0. The van der Waals surface area contributed by atoms with E-state index in [0.717, 1.165) is 6.07 Å². The molecule has 6 nitrogen and oxygen atoms in total. The zero-order valence-electron chi connectivity index (χ0n) is 14.6. The minimum absolute atomic E-state index is 0.0390. The van der Waals surface area contributed by atoms with Gasteiger partial charge in [0.1, 0.15) is 5.82 Å². The van der Waals surface area contributed by atoms with Gasteiger partial charge in [0.15, 0.2) is 0 Å². The van der Waals surface area contributed by atoms with Gasteiger partial charge >= 0.3 is 0 Å². The molecule has 3 rings (SSSR count). The fraction of sp³-hybridized carbons (Fsp3) is 0.278. The Morgan fingerprint density at radius 3 is 2.33 bits per heavy atom. The number of hydrogen-bond acceptors (Lipinski definition) is 4. The third kappa shape index (κ3) is 4.54. The fourth-order valence-corrected chi connectivity index (χ4v) is 4.90. The van der Waals surface area contributed by atoms with Crippen LogP contribution in [0.5, 0.6) is 0 Å². The highest BCUT2D eigenvalue weighted by molar-refractivity contribution is 7.92. The number of carbonyl (C=O) groups excluding carboxylic acids is 1. The molecule has 1 aliphatic heterocycles. The summed E-state index contributed by atoms with van der Waals surface area (Å²) < 4.78 is 52.0. The molecule has 1 saturated heterocycles. The van der Waals surface area contributed by atoms with Crippen molar-refractivity contribution in [1.82, 2.24) is 4.90 Å². The molecule has 1 aliphatic rings. The molecule has 0 aromatic heterocycles. The van der Waals surface area contributed by atoms with E-state index in [-0.39, 0.29) is 16.4 Å². The van der Waals surface area contributed by atoms with Crippen LogP contribution in [0.1, 0.15) is 15.9 Å². The average Bonchev–Trinajstić information content (AvgIpc) is 2.64. The van der Waals surface area contributed by atoms with Crippen LogP contribution < -0.4 is 4.72 Å². The number of hydrogen-bond donors (Lipinski definition) is 1. The number of benzene rings is 2. The Labute approximate surface area is 159 Å². The van der Waals surface area contributed by atoms with Crippen molar-refractivity contribution in [3.05, 3.63) is 59.4 Å². The molecule has 9 heteroatoms. The third-order valence-electron chi connectivity index (χ3n) is 4.29. The van der Waals surface area contributed by atoms with Crippen LogP contribution in [0.3, 0.4) is 0 Å². The number of sulfonamides is 1. The predicted molar refractivity (Wildman–Crippen MR) is 102 cm³/mol. The summed E-state index contributed by atoms with van der Waals surface area (Å²) in [6, 6.07) is 9.66. The molecule has 0 atom stereocenters. The first-order chi connectivity index (χ1) is 12.8.